The fourth-order valence-corrected chi connectivity index (χ4v) is 5.24. The van der Waals surface area contributed by atoms with Crippen LogP contribution in [0.15, 0.2) is 53.4 Å². The van der Waals surface area contributed by atoms with Crippen LogP contribution in [0.25, 0.3) is 0 Å². The van der Waals surface area contributed by atoms with Crippen LogP contribution in [0.5, 0.6) is 0 Å². The summed E-state index contributed by atoms with van der Waals surface area (Å²) in [5.41, 5.74) is 3.43. The summed E-state index contributed by atoms with van der Waals surface area (Å²) < 4.78 is 28.1. The van der Waals surface area contributed by atoms with Crippen LogP contribution in [0.1, 0.15) is 56.3 Å². The number of benzene rings is 2. The molecule has 0 N–H and O–H groups in total. The van der Waals surface area contributed by atoms with E-state index in [-0.39, 0.29) is 11.5 Å². The molecule has 0 spiro atoms. The molecule has 25 heavy (non-hydrogen) atoms. The molecule has 2 aromatic carbocycles. The number of nitrogens with zero attached hydrogens (tertiary/aromatic N) is 1. The molecule has 1 heterocycles. The van der Waals surface area contributed by atoms with Gasteiger partial charge in [-0.25, -0.2) is 8.42 Å². The molecule has 2 aromatic rings. The van der Waals surface area contributed by atoms with Gasteiger partial charge in [-0.3, -0.25) is 0 Å². The highest BCUT2D eigenvalue weighted by molar-refractivity contribution is 7.89. The van der Waals surface area contributed by atoms with Gasteiger partial charge in [-0.15, -0.1) is 0 Å². The molecule has 0 radical (unpaired) electrons. The molecule has 1 saturated heterocycles. The smallest absolute Gasteiger partial charge is 0.207 e. The molecule has 1 fully saturated rings. The Morgan fingerprint density at radius 1 is 1.00 bits per heavy atom. The lowest BCUT2D eigenvalue weighted by molar-refractivity contribution is 0.395. The zero-order valence-corrected chi connectivity index (χ0v) is 16.3. The second-order valence-electron chi connectivity index (χ2n) is 7.90. The van der Waals surface area contributed by atoms with Crippen LogP contribution in [0, 0.1) is 6.92 Å². The van der Waals surface area contributed by atoms with Crippen molar-refractivity contribution in [3.8, 4) is 0 Å². The van der Waals surface area contributed by atoms with Crippen LogP contribution < -0.4 is 0 Å². The number of hydrogen-bond donors (Lipinski definition) is 0. The fraction of sp³-hybridized carbons (Fsp3) is 0.429. The van der Waals surface area contributed by atoms with Gasteiger partial charge in [-0.05, 0) is 54.0 Å². The maximum Gasteiger partial charge on any atom is 0.243 e. The van der Waals surface area contributed by atoms with Crippen molar-refractivity contribution >= 4 is 10.0 Å². The van der Waals surface area contributed by atoms with Crippen molar-refractivity contribution < 1.29 is 8.42 Å². The van der Waals surface area contributed by atoms with Crippen LogP contribution in [0.3, 0.4) is 0 Å². The standard InChI is InChI=1S/C21H27NO2S/c1-16-8-5-6-9-19(16)20-10-7-15-22(20)25(23,24)18-13-11-17(12-14-18)21(2,3)4/h5-6,8-9,11-14,20H,7,10,15H2,1-4H3/t20-/m1/s1. The molecule has 0 saturated carbocycles. The minimum Gasteiger partial charge on any atom is -0.207 e. The summed E-state index contributed by atoms with van der Waals surface area (Å²) in [6.45, 7) is 9.03. The second kappa shape index (κ2) is 6.58. The summed E-state index contributed by atoms with van der Waals surface area (Å²) in [5, 5.41) is 0. The van der Waals surface area contributed by atoms with Crippen molar-refractivity contribution in [3.05, 3.63) is 65.2 Å². The summed E-state index contributed by atoms with van der Waals surface area (Å²) in [6, 6.07) is 15.4. The summed E-state index contributed by atoms with van der Waals surface area (Å²) in [5.74, 6) is 0. The predicted molar refractivity (Wildman–Crippen MR) is 102 cm³/mol. The van der Waals surface area contributed by atoms with Crippen molar-refractivity contribution in [1.29, 1.82) is 0 Å². The van der Waals surface area contributed by atoms with E-state index in [1.54, 1.807) is 16.4 Å². The quantitative estimate of drug-likeness (QED) is 0.790. The van der Waals surface area contributed by atoms with Gasteiger partial charge < -0.3 is 0 Å². The van der Waals surface area contributed by atoms with E-state index in [0.29, 0.717) is 11.4 Å². The molecule has 3 rings (SSSR count). The molecule has 1 aliphatic heterocycles. The van der Waals surface area contributed by atoms with Crippen molar-refractivity contribution in [1.82, 2.24) is 4.31 Å². The van der Waals surface area contributed by atoms with E-state index in [1.807, 2.05) is 24.3 Å². The Labute approximate surface area is 151 Å². The number of sulfonamides is 1. The van der Waals surface area contributed by atoms with Gasteiger partial charge in [-0.1, -0.05) is 57.2 Å². The minimum atomic E-state index is -3.48. The molecule has 4 heteroatoms. The lowest BCUT2D eigenvalue weighted by Gasteiger charge is -2.26. The van der Waals surface area contributed by atoms with Crippen LogP contribution >= 0.6 is 0 Å². The Balaban J connectivity index is 1.95. The molecule has 0 aliphatic carbocycles. The highest BCUT2D eigenvalue weighted by Crippen LogP contribution is 2.38. The van der Waals surface area contributed by atoms with Crippen molar-refractivity contribution in [2.24, 2.45) is 0 Å². The van der Waals surface area contributed by atoms with Crippen molar-refractivity contribution in [2.75, 3.05) is 6.54 Å². The van der Waals surface area contributed by atoms with E-state index in [9.17, 15) is 8.42 Å². The van der Waals surface area contributed by atoms with Gasteiger partial charge in [0.1, 0.15) is 0 Å². The molecule has 1 atom stereocenters. The SMILES string of the molecule is Cc1ccccc1[C@H]1CCCN1S(=O)(=O)c1ccc(C(C)(C)C)cc1. The number of rotatable bonds is 3. The minimum absolute atomic E-state index is 0.0135. The third kappa shape index (κ3) is 3.51. The topological polar surface area (TPSA) is 37.4 Å². The maximum absolute atomic E-state index is 13.2. The first-order valence-electron chi connectivity index (χ1n) is 8.89. The Morgan fingerprint density at radius 2 is 1.64 bits per heavy atom. The molecule has 0 amide bonds. The zero-order chi connectivity index (χ0) is 18.2. The zero-order valence-electron chi connectivity index (χ0n) is 15.5. The van der Waals surface area contributed by atoms with E-state index < -0.39 is 10.0 Å². The summed E-state index contributed by atoms with van der Waals surface area (Å²) in [4.78, 5) is 0.390. The van der Waals surface area contributed by atoms with E-state index in [4.69, 9.17) is 0 Å². The average molecular weight is 358 g/mol. The monoisotopic (exact) mass is 357 g/mol. The van der Waals surface area contributed by atoms with Gasteiger partial charge in [0.15, 0.2) is 0 Å². The lowest BCUT2D eigenvalue weighted by atomic mass is 9.87. The molecule has 0 unspecified atom stereocenters. The van der Waals surface area contributed by atoms with E-state index >= 15 is 0 Å². The first-order valence-corrected chi connectivity index (χ1v) is 10.3. The Morgan fingerprint density at radius 3 is 2.24 bits per heavy atom. The van der Waals surface area contributed by atoms with Gasteiger partial charge in [0, 0.05) is 6.54 Å². The van der Waals surface area contributed by atoms with E-state index in [1.165, 1.54) is 0 Å². The van der Waals surface area contributed by atoms with Gasteiger partial charge in [0.05, 0.1) is 10.9 Å². The molecule has 134 valence electrons. The fourth-order valence-electron chi connectivity index (χ4n) is 3.56. The summed E-state index contributed by atoms with van der Waals surface area (Å²) in [6.07, 6.45) is 1.78. The molecular formula is C21H27NO2S. The molecule has 3 nitrogen and oxygen atoms in total. The van der Waals surface area contributed by atoms with E-state index in [0.717, 1.165) is 29.5 Å². The van der Waals surface area contributed by atoms with Crippen LogP contribution in [0.4, 0.5) is 0 Å². The molecular weight excluding hydrogens is 330 g/mol. The maximum atomic E-state index is 13.2. The van der Waals surface area contributed by atoms with Gasteiger partial charge in [0.2, 0.25) is 10.0 Å². The lowest BCUT2D eigenvalue weighted by Crippen LogP contribution is -2.31. The third-order valence-electron chi connectivity index (χ3n) is 5.08. The van der Waals surface area contributed by atoms with Gasteiger partial charge in [-0.2, -0.15) is 4.31 Å². The Hall–Kier alpha value is -1.65. The highest BCUT2D eigenvalue weighted by atomic mass is 32.2. The van der Waals surface area contributed by atoms with Crippen LogP contribution in [0.2, 0.25) is 0 Å². The Kier molecular flexibility index (Phi) is 4.78. The van der Waals surface area contributed by atoms with Crippen LogP contribution in [-0.4, -0.2) is 19.3 Å². The number of hydrogen-bond acceptors (Lipinski definition) is 2. The molecule has 1 aliphatic rings. The third-order valence-corrected chi connectivity index (χ3v) is 7.00. The molecule has 0 bridgehead atoms. The number of aryl methyl sites for hydroxylation is 1. The highest BCUT2D eigenvalue weighted by Gasteiger charge is 2.36. The predicted octanol–water partition coefficient (Wildman–Crippen LogP) is 4.82. The molecule has 0 aromatic heterocycles. The average Bonchev–Trinajstić information content (AvgIpc) is 3.05. The van der Waals surface area contributed by atoms with Crippen LogP contribution in [-0.2, 0) is 15.4 Å². The second-order valence-corrected chi connectivity index (χ2v) is 9.80. The van der Waals surface area contributed by atoms with Crippen molar-refractivity contribution in [2.45, 2.75) is 56.9 Å². The van der Waals surface area contributed by atoms with Gasteiger partial charge in [0.25, 0.3) is 0 Å². The van der Waals surface area contributed by atoms with Crippen molar-refractivity contribution in [3.63, 3.8) is 0 Å². The van der Waals surface area contributed by atoms with Gasteiger partial charge >= 0.3 is 0 Å². The normalized spacial score (nSPS) is 19.3. The summed E-state index contributed by atoms with van der Waals surface area (Å²) >= 11 is 0. The first-order chi connectivity index (χ1) is 11.7. The summed E-state index contributed by atoms with van der Waals surface area (Å²) in [7, 11) is -3.48. The Bertz CT molecular complexity index is 848. The largest absolute Gasteiger partial charge is 0.243 e. The van der Waals surface area contributed by atoms with E-state index in [2.05, 4.69) is 39.8 Å². The first kappa shape index (κ1) is 18.2.